The first kappa shape index (κ1) is 17.8. The van der Waals surface area contributed by atoms with E-state index < -0.39 is 11.7 Å². The van der Waals surface area contributed by atoms with E-state index in [4.69, 9.17) is 10.5 Å². The van der Waals surface area contributed by atoms with Crippen LogP contribution in [0.3, 0.4) is 0 Å². The van der Waals surface area contributed by atoms with Gasteiger partial charge in [-0.1, -0.05) is 12.1 Å². The first-order valence-corrected chi connectivity index (χ1v) is 8.03. The van der Waals surface area contributed by atoms with Crippen molar-refractivity contribution in [2.75, 3.05) is 5.73 Å². The van der Waals surface area contributed by atoms with Gasteiger partial charge in [0.05, 0.1) is 23.1 Å². The lowest BCUT2D eigenvalue weighted by Gasteiger charge is -2.17. The van der Waals surface area contributed by atoms with Gasteiger partial charge in [-0.15, -0.1) is 0 Å². The number of aromatic nitrogens is 2. The van der Waals surface area contributed by atoms with Gasteiger partial charge < -0.3 is 10.5 Å². The van der Waals surface area contributed by atoms with Crippen molar-refractivity contribution >= 4 is 5.69 Å². The number of anilines is 1. The molecule has 0 aliphatic carbocycles. The molecular weight excluding hydrogens is 343 g/mol. The molecule has 0 atom stereocenters. The van der Waals surface area contributed by atoms with E-state index in [1.807, 2.05) is 12.1 Å². The lowest BCUT2D eigenvalue weighted by atomic mass is 10.1. The lowest BCUT2D eigenvalue weighted by Crippen LogP contribution is -2.13. The van der Waals surface area contributed by atoms with E-state index in [1.165, 1.54) is 6.07 Å². The van der Waals surface area contributed by atoms with Crippen LogP contribution in [0.15, 0.2) is 48.5 Å². The minimum absolute atomic E-state index is 0.189. The van der Waals surface area contributed by atoms with Crippen molar-refractivity contribution < 1.29 is 17.9 Å². The molecule has 26 heavy (non-hydrogen) atoms. The van der Waals surface area contributed by atoms with Gasteiger partial charge in [0.15, 0.2) is 0 Å². The molecule has 0 unspecified atom stereocenters. The van der Waals surface area contributed by atoms with Crippen molar-refractivity contribution in [1.82, 2.24) is 10.2 Å². The number of ether oxygens (including phenoxy) is 1. The lowest BCUT2D eigenvalue weighted by molar-refractivity contribution is -0.139. The van der Waals surface area contributed by atoms with Gasteiger partial charge in [0.1, 0.15) is 5.75 Å². The normalized spacial score (nSPS) is 11.8. The Bertz CT molecular complexity index is 899. The van der Waals surface area contributed by atoms with Crippen molar-refractivity contribution in [1.29, 1.82) is 0 Å². The maximum absolute atomic E-state index is 13.4. The van der Waals surface area contributed by atoms with Crippen molar-refractivity contribution in [2.24, 2.45) is 0 Å². The fourth-order valence-corrected chi connectivity index (χ4v) is 2.55. The number of aromatic amines is 1. The highest BCUT2D eigenvalue weighted by Crippen LogP contribution is 2.39. The highest BCUT2D eigenvalue weighted by atomic mass is 19.4. The quantitative estimate of drug-likeness (QED) is 0.633. The van der Waals surface area contributed by atoms with Crippen LogP contribution in [0, 0.1) is 0 Å². The molecule has 0 aliphatic heterocycles. The molecule has 0 saturated heterocycles. The zero-order chi connectivity index (χ0) is 18.9. The average Bonchev–Trinajstić information content (AvgIpc) is 3.04. The SMILES string of the molecule is CC(C)Oc1ccc(-c2cc(-c3ccc(N)cc3)[nH]n2)cc1C(F)(F)F. The zero-order valence-corrected chi connectivity index (χ0v) is 14.3. The van der Waals surface area contributed by atoms with Gasteiger partial charge in [0.2, 0.25) is 0 Å². The van der Waals surface area contributed by atoms with Gasteiger partial charge in [-0.25, -0.2) is 0 Å². The molecule has 7 heteroatoms. The molecule has 2 aromatic carbocycles. The molecule has 0 fully saturated rings. The second-order valence-electron chi connectivity index (χ2n) is 6.16. The van der Waals surface area contributed by atoms with Crippen LogP contribution >= 0.6 is 0 Å². The number of nitrogen functional groups attached to an aromatic ring is 1. The topological polar surface area (TPSA) is 63.9 Å². The molecule has 0 saturated carbocycles. The van der Waals surface area contributed by atoms with Crippen LogP contribution in [-0.2, 0) is 6.18 Å². The van der Waals surface area contributed by atoms with Gasteiger partial charge in [-0.3, -0.25) is 5.10 Å². The summed E-state index contributed by atoms with van der Waals surface area (Å²) in [4.78, 5) is 0. The third kappa shape index (κ3) is 3.82. The Labute approximate surface area is 148 Å². The fourth-order valence-electron chi connectivity index (χ4n) is 2.55. The number of benzene rings is 2. The van der Waals surface area contributed by atoms with Crippen LogP contribution < -0.4 is 10.5 Å². The molecule has 0 spiro atoms. The number of nitrogens with two attached hydrogens (primary N) is 1. The van der Waals surface area contributed by atoms with E-state index in [0.29, 0.717) is 22.6 Å². The summed E-state index contributed by atoms with van der Waals surface area (Å²) in [5.74, 6) is -0.189. The molecule has 3 N–H and O–H groups in total. The summed E-state index contributed by atoms with van der Waals surface area (Å²) in [6.45, 7) is 3.36. The largest absolute Gasteiger partial charge is 0.490 e. The van der Waals surface area contributed by atoms with Crippen LogP contribution in [0.1, 0.15) is 19.4 Å². The van der Waals surface area contributed by atoms with Gasteiger partial charge in [0.25, 0.3) is 0 Å². The summed E-state index contributed by atoms with van der Waals surface area (Å²) < 4.78 is 45.4. The van der Waals surface area contributed by atoms with E-state index in [9.17, 15) is 13.2 Å². The Balaban J connectivity index is 1.98. The first-order valence-electron chi connectivity index (χ1n) is 8.03. The van der Waals surface area contributed by atoms with Crippen LogP contribution in [0.4, 0.5) is 18.9 Å². The smallest absolute Gasteiger partial charge is 0.419 e. The van der Waals surface area contributed by atoms with E-state index in [2.05, 4.69) is 10.2 Å². The Morgan fingerprint density at radius 1 is 1.00 bits per heavy atom. The Morgan fingerprint density at radius 3 is 2.27 bits per heavy atom. The minimum atomic E-state index is -4.52. The Hall–Kier alpha value is -2.96. The molecule has 0 aliphatic rings. The van der Waals surface area contributed by atoms with E-state index in [1.54, 1.807) is 38.1 Å². The number of H-pyrrole nitrogens is 1. The monoisotopic (exact) mass is 361 g/mol. The maximum Gasteiger partial charge on any atom is 0.419 e. The highest BCUT2D eigenvalue weighted by Gasteiger charge is 2.35. The van der Waals surface area contributed by atoms with Crippen molar-refractivity contribution in [3.8, 4) is 28.3 Å². The van der Waals surface area contributed by atoms with E-state index in [-0.39, 0.29) is 11.9 Å². The number of hydrogen-bond donors (Lipinski definition) is 2. The predicted molar refractivity (Wildman–Crippen MR) is 94.6 cm³/mol. The number of rotatable bonds is 4. The zero-order valence-electron chi connectivity index (χ0n) is 14.3. The Morgan fingerprint density at radius 2 is 1.65 bits per heavy atom. The number of alkyl halides is 3. The van der Waals surface area contributed by atoms with Crippen LogP contribution in [-0.4, -0.2) is 16.3 Å². The van der Waals surface area contributed by atoms with Gasteiger partial charge in [-0.2, -0.15) is 18.3 Å². The van der Waals surface area contributed by atoms with Crippen molar-refractivity contribution in [3.05, 3.63) is 54.1 Å². The minimum Gasteiger partial charge on any atom is -0.490 e. The molecule has 1 heterocycles. The van der Waals surface area contributed by atoms with Crippen molar-refractivity contribution in [3.63, 3.8) is 0 Å². The summed E-state index contributed by atoms with van der Waals surface area (Å²) in [6, 6.07) is 12.8. The summed E-state index contributed by atoms with van der Waals surface area (Å²) in [5.41, 5.74) is 7.77. The van der Waals surface area contributed by atoms with Crippen LogP contribution in [0.5, 0.6) is 5.75 Å². The van der Waals surface area contributed by atoms with E-state index in [0.717, 1.165) is 11.6 Å². The molecule has 4 nitrogen and oxygen atoms in total. The molecule has 1 aromatic heterocycles. The standard InChI is InChI=1S/C19H18F3N3O/c1-11(2)26-18-8-5-13(9-15(18)19(20,21)22)17-10-16(24-25-17)12-3-6-14(23)7-4-12/h3-11H,23H2,1-2H3,(H,24,25). The van der Waals surface area contributed by atoms with Crippen molar-refractivity contribution in [2.45, 2.75) is 26.1 Å². The fraction of sp³-hybridized carbons (Fsp3) is 0.211. The third-order valence-electron chi connectivity index (χ3n) is 3.74. The third-order valence-corrected chi connectivity index (χ3v) is 3.74. The van der Waals surface area contributed by atoms with Crippen LogP contribution in [0.25, 0.3) is 22.5 Å². The van der Waals surface area contributed by atoms with Gasteiger partial charge in [0, 0.05) is 11.3 Å². The first-order chi connectivity index (χ1) is 12.2. The summed E-state index contributed by atoms with van der Waals surface area (Å²) in [7, 11) is 0. The summed E-state index contributed by atoms with van der Waals surface area (Å²) in [6.07, 6.45) is -4.87. The molecule has 136 valence electrons. The molecule has 0 amide bonds. The number of nitrogens with zero attached hydrogens (tertiary/aromatic N) is 1. The number of hydrogen-bond acceptors (Lipinski definition) is 3. The average molecular weight is 361 g/mol. The molecule has 3 rings (SSSR count). The highest BCUT2D eigenvalue weighted by molar-refractivity contribution is 5.70. The summed E-state index contributed by atoms with van der Waals surface area (Å²) >= 11 is 0. The predicted octanol–water partition coefficient (Wildman–Crippen LogP) is 5.13. The summed E-state index contributed by atoms with van der Waals surface area (Å²) in [5, 5.41) is 6.98. The van der Waals surface area contributed by atoms with Gasteiger partial charge in [-0.05, 0) is 55.8 Å². The molecule has 0 bridgehead atoms. The van der Waals surface area contributed by atoms with E-state index >= 15 is 0 Å². The van der Waals surface area contributed by atoms with Crippen LogP contribution in [0.2, 0.25) is 0 Å². The number of nitrogens with one attached hydrogen (secondary N) is 1. The second kappa shape index (κ2) is 6.74. The number of halogens is 3. The second-order valence-corrected chi connectivity index (χ2v) is 6.16. The molecular formula is C19H18F3N3O. The van der Waals surface area contributed by atoms with Gasteiger partial charge >= 0.3 is 6.18 Å². The molecule has 0 radical (unpaired) electrons. The molecule has 3 aromatic rings. The Kier molecular flexibility index (Phi) is 4.63. The maximum atomic E-state index is 13.4.